The number of H-pyrrole nitrogens is 1. The average molecular weight is 437 g/mol. The molecular weight excluding hydrogens is 408 g/mol. The molecule has 3 aromatic rings. The maximum Gasteiger partial charge on any atom is 0.274 e. The van der Waals surface area contributed by atoms with Crippen LogP contribution >= 0.6 is 11.3 Å². The third kappa shape index (κ3) is 4.21. The van der Waals surface area contributed by atoms with Gasteiger partial charge in [-0.25, -0.2) is 4.98 Å². The van der Waals surface area contributed by atoms with Crippen LogP contribution in [0.25, 0.3) is 0 Å². The van der Waals surface area contributed by atoms with E-state index in [1.165, 1.54) is 6.42 Å². The molecule has 0 spiro atoms. The van der Waals surface area contributed by atoms with Crippen LogP contribution in [0.5, 0.6) is 0 Å². The zero-order chi connectivity index (χ0) is 21.4. The smallest absolute Gasteiger partial charge is 0.274 e. The minimum Gasteiger partial charge on any atom is -0.337 e. The third-order valence-corrected chi connectivity index (χ3v) is 7.10. The van der Waals surface area contributed by atoms with Crippen LogP contribution in [0.15, 0.2) is 17.5 Å². The fourth-order valence-corrected chi connectivity index (χ4v) is 5.43. The van der Waals surface area contributed by atoms with Crippen LogP contribution in [0.4, 0.5) is 10.8 Å². The summed E-state index contributed by atoms with van der Waals surface area (Å²) in [6.45, 7) is 5.48. The molecule has 0 saturated carbocycles. The fraction of sp³-hybridized carbons (Fsp3) is 0.478. The fourth-order valence-electron chi connectivity index (χ4n) is 4.72. The first-order valence-electron chi connectivity index (χ1n) is 11.1. The molecule has 1 amide bonds. The quantitative estimate of drug-likeness (QED) is 0.628. The Morgan fingerprint density at radius 3 is 2.87 bits per heavy atom. The van der Waals surface area contributed by atoms with Crippen LogP contribution in [0.2, 0.25) is 0 Å². The van der Waals surface area contributed by atoms with Crippen molar-refractivity contribution in [3.63, 3.8) is 0 Å². The van der Waals surface area contributed by atoms with Gasteiger partial charge in [0, 0.05) is 52.7 Å². The van der Waals surface area contributed by atoms with Crippen molar-refractivity contribution in [1.29, 1.82) is 0 Å². The molecule has 0 unspecified atom stereocenters. The molecule has 7 nitrogen and oxygen atoms in total. The van der Waals surface area contributed by atoms with Gasteiger partial charge in [0.15, 0.2) is 10.8 Å². The molecule has 1 aliphatic carbocycles. The lowest BCUT2D eigenvalue weighted by Gasteiger charge is -2.32. The molecule has 5 rings (SSSR count). The van der Waals surface area contributed by atoms with Gasteiger partial charge >= 0.3 is 0 Å². The minimum atomic E-state index is 0.0633. The van der Waals surface area contributed by atoms with Gasteiger partial charge in [-0.2, -0.15) is 5.10 Å². The average Bonchev–Trinajstić information content (AvgIpc) is 3.39. The lowest BCUT2D eigenvalue weighted by atomic mass is 9.92. The van der Waals surface area contributed by atoms with Gasteiger partial charge in [-0.15, -0.1) is 11.3 Å². The molecule has 2 aliphatic rings. The number of pyridine rings is 1. The van der Waals surface area contributed by atoms with E-state index in [2.05, 4.69) is 26.6 Å². The number of piperidine rings is 1. The number of aryl methyl sites for hydroxylation is 3. The number of likely N-dealkylation sites (tertiary alicyclic amines) is 1. The van der Waals surface area contributed by atoms with E-state index < -0.39 is 0 Å². The number of rotatable bonds is 4. The zero-order valence-corrected chi connectivity index (χ0v) is 18.9. The first-order chi connectivity index (χ1) is 15.1. The topological polar surface area (TPSA) is 86.8 Å². The predicted molar refractivity (Wildman–Crippen MR) is 122 cm³/mol. The molecule has 1 fully saturated rings. The monoisotopic (exact) mass is 436 g/mol. The number of amides is 1. The van der Waals surface area contributed by atoms with E-state index in [0.717, 1.165) is 77.8 Å². The Morgan fingerprint density at radius 1 is 1.16 bits per heavy atom. The van der Waals surface area contributed by atoms with Crippen LogP contribution in [0, 0.1) is 13.8 Å². The van der Waals surface area contributed by atoms with Crippen LogP contribution < -0.4 is 5.32 Å². The molecule has 162 valence electrons. The van der Waals surface area contributed by atoms with Gasteiger partial charge in [-0.1, -0.05) is 0 Å². The van der Waals surface area contributed by atoms with Gasteiger partial charge < -0.3 is 10.2 Å². The van der Waals surface area contributed by atoms with E-state index in [1.54, 1.807) is 11.3 Å². The Bertz CT molecular complexity index is 1100. The number of nitrogens with zero attached hydrogens (tertiary/aromatic N) is 4. The normalized spacial score (nSPS) is 18.6. The number of anilines is 2. The second kappa shape index (κ2) is 8.42. The van der Waals surface area contributed by atoms with Crippen LogP contribution in [-0.4, -0.2) is 44.1 Å². The van der Waals surface area contributed by atoms with Crippen molar-refractivity contribution in [3.8, 4) is 0 Å². The minimum absolute atomic E-state index is 0.0633. The number of aromatic nitrogens is 4. The molecule has 31 heavy (non-hydrogen) atoms. The zero-order valence-electron chi connectivity index (χ0n) is 18.1. The number of aromatic amines is 1. The molecule has 1 aliphatic heterocycles. The maximum atomic E-state index is 13.3. The van der Waals surface area contributed by atoms with Crippen molar-refractivity contribution in [2.45, 2.75) is 58.3 Å². The highest BCUT2D eigenvalue weighted by atomic mass is 32.1. The SMILES string of the molecule is Cc1cc(Nc2nc(C)cs2)cc([C@H]2CCCN(C(=O)c3n[nH]c4c3CCCC4)C2)n1. The number of hydrogen-bond acceptors (Lipinski definition) is 6. The van der Waals surface area contributed by atoms with E-state index in [9.17, 15) is 4.79 Å². The summed E-state index contributed by atoms with van der Waals surface area (Å²) < 4.78 is 0. The van der Waals surface area contributed by atoms with Crippen molar-refractivity contribution < 1.29 is 4.79 Å². The predicted octanol–water partition coefficient (Wildman–Crippen LogP) is 4.52. The highest BCUT2D eigenvalue weighted by Gasteiger charge is 2.30. The summed E-state index contributed by atoms with van der Waals surface area (Å²) >= 11 is 1.60. The second-order valence-corrected chi connectivity index (χ2v) is 9.53. The largest absolute Gasteiger partial charge is 0.337 e. The molecule has 4 heterocycles. The molecule has 0 bridgehead atoms. The maximum absolute atomic E-state index is 13.3. The first kappa shape index (κ1) is 20.2. The molecular formula is C23H28N6OS. The Morgan fingerprint density at radius 2 is 2.03 bits per heavy atom. The van der Waals surface area contributed by atoms with Gasteiger partial charge in [-0.05, 0) is 64.5 Å². The molecule has 2 N–H and O–H groups in total. The molecule has 0 radical (unpaired) electrons. The lowest BCUT2D eigenvalue weighted by Crippen LogP contribution is -2.40. The van der Waals surface area contributed by atoms with Gasteiger partial charge in [0.25, 0.3) is 5.91 Å². The Balaban J connectivity index is 1.34. The Labute approximate surface area is 186 Å². The highest BCUT2D eigenvalue weighted by Crippen LogP contribution is 2.31. The summed E-state index contributed by atoms with van der Waals surface area (Å²) in [5.41, 5.74) is 6.94. The number of thiazole rings is 1. The first-order valence-corrected chi connectivity index (χ1v) is 12.0. The summed E-state index contributed by atoms with van der Waals surface area (Å²) in [6, 6.07) is 4.15. The molecule has 3 aromatic heterocycles. The Hall–Kier alpha value is -2.74. The van der Waals surface area contributed by atoms with E-state index in [1.807, 2.05) is 30.2 Å². The number of nitrogens with one attached hydrogen (secondary N) is 2. The number of carbonyl (C=O) groups excluding carboxylic acids is 1. The van der Waals surface area contributed by atoms with Gasteiger partial charge in [-0.3, -0.25) is 14.9 Å². The van der Waals surface area contributed by atoms with E-state index in [0.29, 0.717) is 12.2 Å². The summed E-state index contributed by atoms with van der Waals surface area (Å²) in [6.07, 6.45) is 6.28. The lowest BCUT2D eigenvalue weighted by molar-refractivity contribution is 0.0698. The van der Waals surface area contributed by atoms with Crippen LogP contribution in [-0.2, 0) is 12.8 Å². The van der Waals surface area contributed by atoms with Crippen molar-refractivity contribution in [2.24, 2.45) is 0 Å². The number of hydrogen-bond donors (Lipinski definition) is 2. The number of carbonyl (C=O) groups is 1. The van der Waals surface area contributed by atoms with Gasteiger partial charge in [0.05, 0.1) is 5.69 Å². The van der Waals surface area contributed by atoms with E-state index in [4.69, 9.17) is 4.98 Å². The molecule has 1 saturated heterocycles. The van der Waals surface area contributed by atoms with Gasteiger partial charge in [0.2, 0.25) is 0 Å². The summed E-state index contributed by atoms with van der Waals surface area (Å²) in [5.74, 6) is 0.291. The second-order valence-electron chi connectivity index (χ2n) is 8.67. The molecule has 1 atom stereocenters. The number of fused-ring (bicyclic) bond motifs is 1. The molecule has 0 aromatic carbocycles. The summed E-state index contributed by atoms with van der Waals surface area (Å²) in [5, 5.41) is 13.8. The third-order valence-electron chi connectivity index (χ3n) is 6.23. The summed E-state index contributed by atoms with van der Waals surface area (Å²) in [4.78, 5) is 24.6. The summed E-state index contributed by atoms with van der Waals surface area (Å²) in [7, 11) is 0. The van der Waals surface area contributed by atoms with Crippen molar-refractivity contribution in [2.75, 3.05) is 18.4 Å². The molecule has 8 heteroatoms. The highest BCUT2D eigenvalue weighted by molar-refractivity contribution is 7.13. The van der Waals surface area contributed by atoms with Crippen molar-refractivity contribution in [1.82, 2.24) is 25.1 Å². The van der Waals surface area contributed by atoms with Crippen molar-refractivity contribution >= 4 is 28.1 Å². The standard InChI is InChI=1S/C23H28N6OS/c1-14-10-17(26-23-25-15(2)13-31-23)11-20(24-14)16-6-5-9-29(12-16)22(30)21-18-7-3-4-8-19(18)27-28-21/h10-11,13,16H,3-9,12H2,1-2H3,(H,27,28)(H,24,25,26)/t16-/m0/s1. The van der Waals surface area contributed by atoms with Gasteiger partial charge in [0.1, 0.15) is 0 Å². The van der Waals surface area contributed by atoms with Crippen LogP contribution in [0.1, 0.15) is 70.4 Å². The Kier molecular flexibility index (Phi) is 5.48. The van der Waals surface area contributed by atoms with E-state index in [-0.39, 0.29) is 11.8 Å². The van der Waals surface area contributed by atoms with E-state index >= 15 is 0 Å². The van der Waals surface area contributed by atoms with Crippen molar-refractivity contribution in [3.05, 3.63) is 51.5 Å². The van der Waals surface area contributed by atoms with Crippen LogP contribution in [0.3, 0.4) is 0 Å².